The van der Waals surface area contributed by atoms with Gasteiger partial charge in [-0.1, -0.05) is 6.07 Å². The highest BCUT2D eigenvalue weighted by Gasteiger charge is 2.18. The van der Waals surface area contributed by atoms with E-state index in [0.717, 1.165) is 9.88 Å². The summed E-state index contributed by atoms with van der Waals surface area (Å²) in [4.78, 5) is 20.0. The van der Waals surface area contributed by atoms with Crippen LogP contribution in [-0.4, -0.2) is 36.4 Å². The molecular weight excluding hydrogens is 346 g/mol. The zero-order chi connectivity index (χ0) is 16.2. The molecule has 3 heterocycles. The van der Waals surface area contributed by atoms with E-state index in [9.17, 15) is 4.79 Å². The number of carbonyl (C=O) groups excluding carboxylic acids is 1. The van der Waals surface area contributed by atoms with E-state index < -0.39 is 0 Å². The van der Waals surface area contributed by atoms with E-state index in [0.29, 0.717) is 12.2 Å². The topological polar surface area (TPSA) is 45.2 Å². The van der Waals surface area contributed by atoms with E-state index in [1.807, 2.05) is 37.0 Å². The van der Waals surface area contributed by atoms with Crippen LogP contribution in [-0.2, 0) is 0 Å². The molecule has 0 unspecified atom stereocenters. The predicted molar refractivity (Wildman–Crippen MR) is 98.5 cm³/mol. The molecule has 0 fully saturated rings. The molecule has 0 bridgehead atoms. The zero-order valence-corrected chi connectivity index (χ0v) is 15.3. The van der Waals surface area contributed by atoms with Crippen LogP contribution < -0.4 is 5.32 Å². The molecule has 0 aliphatic rings. The van der Waals surface area contributed by atoms with Crippen LogP contribution in [0.5, 0.6) is 0 Å². The van der Waals surface area contributed by atoms with Gasteiger partial charge in [0.2, 0.25) is 0 Å². The first-order chi connectivity index (χ1) is 11.1. The number of carbonyl (C=O) groups is 1. The van der Waals surface area contributed by atoms with E-state index in [-0.39, 0.29) is 11.9 Å². The summed E-state index contributed by atoms with van der Waals surface area (Å²) in [6.07, 6.45) is 0. The molecule has 1 atom stereocenters. The molecule has 3 rings (SSSR count). The summed E-state index contributed by atoms with van der Waals surface area (Å²) >= 11 is 4.80. The number of hydrogen-bond donors (Lipinski definition) is 1. The molecular formula is C16H17N3OS3. The number of nitrogens with one attached hydrogen (secondary N) is 1. The normalized spacial score (nSPS) is 12.5. The van der Waals surface area contributed by atoms with Crippen LogP contribution in [0.25, 0.3) is 9.88 Å². The van der Waals surface area contributed by atoms with Crippen LogP contribution >= 0.6 is 34.0 Å². The molecule has 0 aromatic carbocycles. The van der Waals surface area contributed by atoms with E-state index in [2.05, 4.69) is 32.0 Å². The largest absolute Gasteiger partial charge is 0.349 e. The van der Waals surface area contributed by atoms with E-state index in [1.54, 1.807) is 22.7 Å². The number of thiazole rings is 1. The smallest absolute Gasteiger partial charge is 0.270 e. The zero-order valence-electron chi connectivity index (χ0n) is 12.9. The van der Waals surface area contributed by atoms with Crippen molar-refractivity contribution in [3.63, 3.8) is 0 Å². The summed E-state index contributed by atoms with van der Waals surface area (Å²) in [6, 6.07) is 6.27. The summed E-state index contributed by atoms with van der Waals surface area (Å²) in [5, 5.41) is 11.9. The maximum Gasteiger partial charge on any atom is 0.270 e. The van der Waals surface area contributed by atoms with Gasteiger partial charge >= 0.3 is 0 Å². The van der Waals surface area contributed by atoms with Gasteiger partial charge in [-0.05, 0) is 47.9 Å². The molecule has 4 nitrogen and oxygen atoms in total. The minimum absolute atomic E-state index is 0.119. The molecule has 1 N–H and O–H groups in total. The molecule has 0 saturated heterocycles. The second-order valence-corrected chi connectivity index (χ2v) is 7.85. The van der Waals surface area contributed by atoms with Gasteiger partial charge in [0.05, 0.1) is 10.9 Å². The fourth-order valence-corrected chi connectivity index (χ4v) is 4.56. The number of aromatic nitrogens is 1. The van der Waals surface area contributed by atoms with Crippen LogP contribution in [0, 0.1) is 0 Å². The second kappa shape index (κ2) is 7.35. The van der Waals surface area contributed by atoms with Gasteiger partial charge in [0.15, 0.2) is 0 Å². The molecule has 120 valence electrons. The molecule has 23 heavy (non-hydrogen) atoms. The van der Waals surface area contributed by atoms with Crippen molar-refractivity contribution in [3.8, 4) is 9.88 Å². The quantitative estimate of drug-likeness (QED) is 0.721. The fourth-order valence-electron chi connectivity index (χ4n) is 2.23. The summed E-state index contributed by atoms with van der Waals surface area (Å²) in [5.74, 6) is -0.119. The van der Waals surface area contributed by atoms with Crippen LogP contribution in [0.4, 0.5) is 0 Å². The van der Waals surface area contributed by atoms with Crippen LogP contribution in [0.3, 0.4) is 0 Å². The van der Waals surface area contributed by atoms with Crippen molar-refractivity contribution in [1.29, 1.82) is 0 Å². The maximum atomic E-state index is 12.3. The third-order valence-corrected chi connectivity index (χ3v) is 6.06. The van der Waals surface area contributed by atoms with Gasteiger partial charge < -0.3 is 10.2 Å². The lowest BCUT2D eigenvalue weighted by molar-refractivity contribution is 0.0937. The Bertz CT molecular complexity index is 747. The Kier molecular flexibility index (Phi) is 5.22. The van der Waals surface area contributed by atoms with Gasteiger partial charge in [-0.3, -0.25) is 4.79 Å². The molecule has 0 aliphatic carbocycles. The first-order valence-electron chi connectivity index (χ1n) is 7.11. The number of amides is 1. The molecule has 3 aromatic rings. The number of likely N-dealkylation sites (N-methyl/N-ethyl adjacent to an activating group) is 1. The van der Waals surface area contributed by atoms with Crippen molar-refractivity contribution in [1.82, 2.24) is 15.2 Å². The van der Waals surface area contributed by atoms with Crippen molar-refractivity contribution >= 4 is 39.9 Å². The highest BCUT2D eigenvalue weighted by Crippen LogP contribution is 2.27. The Labute approximate surface area is 147 Å². The number of nitrogens with zero attached hydrogens (tertiary/aromatic N) is 2. The van der Waals surface area contributed by atoms with E-state index in [1.165, 1.54) is 16.9 Å². The Morgan fingerprint density at radius 3 is 2.78 bits per heavy atom. The molecule has 7 heteroatoms. The van der Waals surface area contributed by atoms with E-state index in [4.69, 9.17) is 0 Å². The Hall–Kier alpha value is -1.54. The number of thiophene rings is 2. The van der Waals surface area contributed by atoms with Gasteiger partial charge in [0, 0.05) is 11.9 Å². The van der Waals surface area contributed by atoms with Crippen LogP contribution in [0.1, 0.15) is 22.1 Å². The standard InChI is InChI=1S/C16H17N3OS3/c1-19(2)13(11-5-7-21-9-11)8-17-15(20)12-10-23-16(18-12)14-4-3-6-22-14/h3-7,9-10,13H,8H2,1-2H3,(H,17,20)/t13-/m0/s1. The van der Waals surface area contributed by atoms with Crippen molar-refractivity contribution in [2.45, 2.75) is 6.04 Å². The average Bonchev–Trinajstić information content (AvgIpc) is 3.27. The third kappa shape index (κ3) is 3.87. The minimum Gasteiger partial charge on any atom is -0.349 e. The van der Waals surface area contributed by atoms with Crippen LogP contribution in [0.15, 0.2) is 39.7 Å². The Morgan fingerprint density at radius 1 is 1.26 bits per heavy atom. The SMILES string of the molecule is CN(C)[C@@H](CNC(=O)c1csc(-c2cccs2)n1)c1ccsc1. The molecule has 0 saturated carbocycles. The summed E-state index contributed by atoms with van der Waals surface area (Å²) < 4.78 is 0. The van der Waals surface area contributed by atoms with Gasteiger partial charge in [-0.15, -0.1) is 22.7 Å². The average molecular weight is 364 g/mol. The third-order valence-electron chi connectivity index (χ3n) is 3.48. The number of hydrogen-bond acceptors (Lipinski definition) is 6. The maximum absolute atomic E-state index is 12.3. The summed E-state index contributed by atoms with van der Waals surface area (Å²) in [5.41, 5.74) is 1.71. The lowest BCUT2D eigenvalue weighted by Gasteiger charge is -2.23. The summed E-state index contributed by atoms with van der Waals surface area (Å²) in [7, 11) is 4.04. The highest BCUT2D eigenvalue weighted by molar-refractivity contribution is 7.20. The molecule has 3 aromatic heterocycles. The van der Waals surface area contributed by atoms with Crippen molar-refractivity contribution < 1.29 is 4.79 Å². The first-order valence-corrected chi connectivity index (χ1v) is 9.81. The van der Waals surface area contributed by atoms with Gasteiger partial charge in [-0.25, -0.2) is 4.98 Å². The lowest BCUT2D eigenvalue weighted by atomic mass is 10.1. The first kappa shape index (κ1) is 16.3. The summed E-state index contributed by atoms with van der Waals surface area (Å²) in [6.45, 7) is 0.564. The Balaban J connectivity index is 1.65. The minimum atomic E-state index is -0.119. The van der Waals surface area contributed by atoms with Crippen LogP contribution in [0.2, 0.25) is 0 Å². The fraction of sp³-hybridized carbons (Fsp3) is 0.250. The monoisotopic (exact) mass is 363 g/mol. The number of rotatable bonds is 6. The van der Waals surface area contributed by atoms with Gasteiger partial charge in [-0.2, -0.15) is 11.3 Å². The van der Waals surface area contributed by atoms with Gasteiger partial charge in [0.25, 0.3) is 5.91 Å². The molecule has 0 radical (unpaired) electrons. The second-order valence-electron chi connectivity index (χ2n) is 5.26. The van der Waals surface area contributed by atoms with Crippen molar-refractivity contribution in [2.24, 2.45) is 0 Å². The Morgan fingerprint density at radius 2 is 2.13 bits per heavy atom. The lowest BCUT2D eigenvalue weighted by Crippen LogP contribution is -2.34. The van der Waals surface area contributed by atoms with Crippen molar-refractivity contribution in [3.05, 3.63) is 51.0 Å². The van der Waals surface area contributed by atoms with Gasteiger partial charge in [0.1, 0.15) is 10.7 Å². The highest BCUT2D eigenvalue weighted by atomic mass is 32.1. The molecule has 1 amide bonds. The molecule has 0 aliphatic heterocycles. The molecule has 0 spiro atoms. The van der Waals surface area contributed by atoms with E-state index >= 15 is 0 Å². The van der Waals surface area contributed by atoms with Crippen molar-refractivity contribution in [2.75, 3.05) is 20.6 Å². The predicted octanol–water partition coefficient (Wildman–Crippen LogP) is 3.97.